The van der Waals surface area contributed by atoms with Crippen molar-refractivity contribution in [3.05, 3.63) is 65.9 Å². The van der Waals surface area contributed by atoms with E-state index in [-0.39, 0.29) is 41.9 Å². The van der Waals surface area contributed by atoms with Crippen LogP contribution in [-0.4, -0.2) is 105 Å². The standard InChI is InChI=1S/C45H54N8O8/c1-22(2)37(50-44(56)59-7)42(54)53-24(4)10-16-35(53)41-47-32-14-12-26-18-31-29-13-11-27(17-28(29)21-61-36(31)19-30(26)39(32)49-41)33-20-46-40(48-33)34-15-9-23(3)52(34)43(55)38(25(5)58-6)51-45(57)60-8/h11-14,17-20,22-25,34-35,37-38H,9-10,15-16,21H2,1-8H3,(H,46,48)(H,47,49)(H,50,56)(H,51,57)/t23-,24-,25?,34?,35-,37-,38-/m0/s1. The van der Waals surface area contributed by atoms with E-state index in [9.17, 15) is 19.2 Å². The minimum atomic E-state index is -0.927. The smallest absolute Gasteiger partial charge is 0.407 e. The number of methoxy groups -OCH3 is 3. The molecule has 0 radical (unpaired) electrons. The third-order valence-electron chi connectivity index (χ3n) is 12.7. The second-order valence-corrected chi connectivity index (χ2v) is 16.8. The first-order valence-corrected chi connectivity index (χ1v) is 21.0. The maximum atomic E-state index is 14.0. The van der Waals surface area contributed by atoms with Crippen LogP contribution in [0.3, 0.4) is 0 Å². The Hall–Kier alpha value is -6.16. The lowest BCUT2D eigenvalue weighted by molar-refractivity contribution is -0.139. The average Bonchev–Trinajstić information content (AvgIpc) is 4.08. The predicted octanol–water partition coefficient (Wildman–Crippen LogP) is 6.91. The quantitative estimate of drug-likeness (QED) is 0.115. The van der Waals surface area contributed by atoms with Crippen LogP contribution in [0.15, 0.2) is 48.7 Å². The van der Waals surface area contributed by atoms with Gasteiger partial charge >= 0.3 is 12.2 Å². The summed E-state index contributed by atoms with van der Waals surface area (Å²) in [6.45, 7) is 9.95. The van der Waals surface area contributed by atoms with E-state index in [1.54, 1.807) is 18.0 Å². The molecule has 3 aliphatic heterocycles. The summed E-state index contributed by atoms with van der Waals surface area (Å²) in [6, 6.07) is 12.2. The molecule has 7 atom stereocenters. The summed E-state index contributed by atoms with van der Waals surface area (Å²) in [5.74, 6) is 1.59. The third-order valence-corrected chi connectivity index (χ3v) is 12.7. The second-order valence-electron chi connectivity index (χ2n) is 16.8. The van der Waals surface area contributed by atoms with E-state index in [2.05, 4.69) is 57.0 Å². The SMILES string of the molecule is COC(=O)N[C@H](C(=O)N1[C@@H](C)CC[C@H]1c1nc2c(ccc3cc4c(cc32)OCc2cc(-c3cnc(C5CC[C@H](C)N5C(=O)[C@@H](NC(=O)OC)C(C)OC)[nH]3)ccc2-4)[nH]1)C(C)C. The van der Waals surface area contributed by atoms with Gasteiger partial charge in [0.25, 0.3) is 0 Å². The molecule has 16 nitrogen and oxygen atoms in total. The van der Waals surface area contributed by atoms with Gasteiger partial charge in [0.2, 0.25) is 11.8 Å². The lowest BCUT2D eigenvalue weighted by Gasteiger charge is -2.33. The van der Waals surface area contributed by atoms with Gasteiger partial charge in [-0.25, -0.2) is 19.6 Å². The van der Waals surface area contributed by atoms with Crippen molar-refractivity contribution in [2.75, 3.05) is 21.3 Å². The van der Waals surface area contributed by atoms with E-state index in [0.717, 1.165) is 74.8 Å². The number of carbonyl (C=O) groups is 4. The van der Waals surface area contributed by atoms with Gasteiger partial charge in [-0.3, -0.25) is 9.59 Å². The molecule has 8 rings (SSSR count). The summed E-state index contributed by atoms with van der Waals surface area (Å²) in [4.78, 5) is 72.7. The summed E-state index contributed by atoms with van der Waals surface area (Å²) in [5.41, 5.74) is 6.50. The van der Waals surface area contributed by atoms with Crippen LogP contribution in [0.4, 0.5) is 9.59 Å². The van der Waals surface area contributed by atoms with Crippen molar-refractivity contribution in [2.24, 2.45) is 5.92 Å². The van der Waals surface area contributed by atoms with Crippen LogP contribution in [0.1, 0.15) is 89.6 Å². The number of H-pyrrole nitrogens is 2. The average molecular weight is 835 g/mol. The molecule has 4 amide bonds. The Morgan fingerprint density at radius 3 is 2.10 bits per heavy atom. The molecule has 0 saturated carbocycles. The highest BCUT2D eigenvalue weighted by Crippen LogP contribution is 2.44. The number of aromatic nitrogens is 4. The lowest BCUT2D eigenvalue weighted by Crippen LogP contribution is -2.55. The highest BCUT2D eigenvalue weighted by atomic mass is 16.5. The summed E-state index contributed by atoms with van der Waals surface area (Å²) in [5, 5.41) is 7.34. The number of imidazole rings is 2. The Morgan fingerprint density at radius 1 is 0.787 bits per heavy atom. The third kappa shape index (κ3) is 7.62. The van der Waals surface area contributed by atoms with E-state index < -0.39 is 30.4 Å². The van der Waals surface area contributed by atoms with E-state index >= 15 is 0 Å². The first-order chi connectivity index (χ1) is 29.3. The molecule has 3 aliphatic rings. The first kappa shape index (κ1) is 41.6. The molecule has 16 heteroatoms. The maximum Gasteiger partial charge on any atom is 0.407 e. The normalized spacial score (nSPS) is 21.1. The van der Waals surface area contributed by atoms with Gasteiger partial charge in [0, 0.05) is 30.1 Å². The number of amides is 4. The van der Waals surface area contributed by atoms with Gasteiger partial charge in [0.15, 0.2) is 0 Å². The van der Waals surface area contributed by atoms with Gasteiger partial charge in [0.1, 0.15) is 36.1 Å². The molecule has 2 unspecified atom stereocenters. The molecule has 4 N–H and O–H groups in total. The molecule has 3 aromatic carbocycles. The number of carbonyl (C=O) groups excluding carboxylic acids is 4. The van der Waals surface area contributed by atoms with E-state index in [1.807, 2.05) is 38.7 Å². The predicted molar refractivity (Wildman–Crippen MR) is 227 cm³/mol. The van der Waals surface area contributed by atoms with Gasteiger partial charge in [-0.15, -0.1) is 0 Å². The van der Waals surface area contributed by atoms with Gasteiger partial charge in [-0.2, -0.15) is 0 Å². The zero-order valence-corrected chi connectivity index (χ0v) is 35.8. The number of likely N-dealkylation sites (tertiary alicyclic amines) is 2. The Kier molecular flexibility index (Phi) is 11.4. The largest absolute Gasteiger partial charge is 0.488 e. The number of hydrogen-bond acceptors (Lipinski definition) is 10. The van der Waals surface area contributed by atoms with Crippen molar-refractivity contribution < 1.29 is 38.1 Å². The van der Waals surface area contributed by atoms with Gasteiger partial charge < -0.3 is 49.3 Å². The van der Waals surface area contributed by atoms with Crippen molar-refractivity contribution in [1.82, 2.24) is 40.4 Å². The fourth-order valence-electron chi connectivity index (χ4n) is 9.25. The number of ether oxygens (including phenoxy) is 4. The zero-order chi connectivity index (χ0) is 43.3. The van der Waals surface area contributed by atoms with E-state index in [1.165, 1.54) is 21.3 Å². The number of benzene rings is 3. The topological polar surface area (TPSA) is 193 Å². The first-order valence-electron chi connectivity index (χ1n) is 21.0. The number of aromatic amines is 2. The van der Waals surface area contributed by atoms with Crippen molar-refractivity contribution in [2.45, 2.75) is 109 Å². The number of nitrogens with zero attached hydrogens (tertiary/aromatic N) is 4. The maximum absolute atomic E-state index is 14.0. The Bertz CT molecular complexity index is 2500. The van der Waals surface area contributed by atoms with Crippen LogP contribution in [0.2, 0.25) is 0 Å². The molecule has 0 spiro atoms. The van der Waals surface area contributed by atoms with Gasteiger partial charge in [-0.05, 0) is 98.7 Å². The summed E-state index contributed by atoms with van der Waals surface area (Å²) in [7, 11) is 4.05. The Morgan fingerprint density at radius 2 is 1.44 bits per heavy atom. The fraction of sp³-hybridized carbons (Fsp3) is 0.467. The number of fused-ring (bicyclic) bond motifs is 6. The van der Waals surface area contributed by atoms with Crippen molar-refractivity contribution in [1.29, 1.82) is 0 Å². The Labute approximate surface area is 354 Å². The molecular formula is C45H54N8O8. The van der Waals surface area contributed by atoms with Crippen molar-refractivity contribution in [3.63, 3.8) is 0 Å². The summed E-state index contributed by atoms with van der Waals surface area (Å²) in [6.07, 6.45) is 2.93. The molecule has 0 bridgehead atoms. The molecule has 61 heavy (non-hydrogen) atoms. The molecule has 2 fully saturated rings. The summed E-state index contributed by atoms with van der Waals surface area (Å²) >= 11 is 0. The minimum absolute atomic E-state index is 0.0295. The molecule has 2 saturated heterocycles. The number of nitrogens with one attached hydrogen (secondary N) is 4. The highest BCUT2D eigenvalue weighted by Gasteiger charge is 2.43. The highest BCUT2D eigenvalue weighted by molar-refractivity contribution is 6.07. The van der Waals surface area contributed by atoms with Crippen molar-refractivity contribution >= 4 is 45.8 Å². The monoisotopic (exact) mass is 834 g/mol. The van der Waals surface area contributed by atoms with E-state index in [4.69, 9.17) is 28.9 Å². The molecule has 0 aliphatic carbocycles. The fourth-order valence-corrected chi connectivity index (χ4v) is 9.25. The van der Waals surface area contributed by atoms with Crippen LogP contribution in [0.5, 0.6) is 5.75 Å². The van der Waals surface area contributed by atoms with Crippen LogP contribution in [0.25, 0.3) is 44.2 Å². The molecule has 5 aromatic rings. The molecule has 322 valence electrons. The van der Waals surface area contributed by atoms with Gasteiger partial charge in [-0.1, -0.05) is 32.0 Å². The Balaban J connectivity index is 1.04. The summed E-state index contributed by atoms with van der Waals surface area (Å²) < 4.78 is 21.5. The number of rotatable bonds is 10. The van der Waals surface area contributed by atoms with Crippen LogP contribution < -0.4 is 15.4 Å². The molecule has 2 aromatic heterocycles. The second kappa shape index (κ2) is 16.7. The number of hydrogen-bond donors (Lipinski definition) is 4. The number of alkyl carbamates (subject to hydrolysis) is 2. The molecule has 5 heterocycles. The minimum Gasteiger partial charge on any atom is -0.488 e. The molecular weight excluding hydrogens is 781 g/mol. The van der Waals surface area contributed by atoms with Crippen LogP contribution >= 0.6 is 0 Å². The van der Waals surface area contributed by atoms with Crippen LogP contribution in [0, 0.1) is 5.92 Å². The zero-order valence-electron chi connectivity index (χ0n) is 35.8. The van der Waals surface area contributed by atoms with Crippen LogP contribution in [-0.2, 0) is 30.4 Å². The van der Waals surface area contributed by atoms with Gasteiger partial charge in [0.05, 0.1) is 55.3 Å². The van der Waals surface area contributed by atoms with Crippen molar-refractivity contribution in [3.8, 4) is 28.1 Å². The van der Waals surface area contributed by atoms with E-state index in [0.29, 0.717) is 24.7 Å². The lowest BCUT2D eigenvalue weighted by atomic mass is 9.92.